The van der Waals surface area contributed by atoms with Crippen LogP contribution in [-0.2, 0) is 7.05 Å². The van der Waals surface area contributed by atoms with Gasteiger partial charge in [0.25, 0.3) is 0 Å². The van der Waals surface area contributed by atoms with Gasteiger partial charge in [-0.25, -0.2) is 0 Å². The fourth-order valence-corrected chi connectivity index (χ4v) is 3.65. The number of halogens is 1. The zero-order valence-electron chi connectivity index (χ0n) is 15.1. The summed E-state index contributed by atoms with van der Waals surface area (Å²) in [7, 11) is 1.84. The largest absolute Gasteiger partial charge is 0.477 e. The van der Waals surface area contributed by atoms with Gasteiger partial charge in [-0.3, -0.25) is 4.68 Å². The Kier molecular flexibility index (Phi) is 4.90. The fourth-order valence-electron chi connectivity index (χ4n) is 3.43. The molecule has 1 aliphatic heterocycles. The van der Waals surface area contributed by atoms with Gasteiger partial charge in [0.05, 0.1) is 35.0 Å². The molecule has 4 rings (SSSR count). The van der Waals surface area contributed by atoms with Crippen LogP contribution in [0, 0.1) is 11.8 Å². The molecule has 2 unspecified atom stereocenters. The van der Waals surface area contributed by atoms with Crippen LogP contribution in [0.15, 0.2) is 18.6 Å². The van der Waals surface area contributed by atoms with E-state index in [1.54, 1.807) is 17.1 Å². The Labute approximate surface area is 161 Å². The van der Waals surface area contributed by atoms with E-state index in [-0.39, 0.29) is 11.8 Å². The zero-order chi connectivity index (χ0) is 19.0. The van der Waals surface area contributed by atoms with Gasteiger partial charge >= 0.3 is 0 Å². The molecule has 3 aromatic rings. The van der Waals surface area contributed by atoms with Crippen molar-refractivity contribution >= 4 is 34.3 Å². The number of aliphatic hydroxyl groups is 1. The summed E-state index contributed by atoms with van der Waals surface area (Å²) in [6.45, 7) is 3.82. The second kappa shape index (κ2) is 7.34. The summed E-state index contributed by atoms with van der Waals surface area (Å²) in [6.07, 6.45) is 4.79. The topological polar surface area (TPSA) is 113 Å². The second-order valence-corrected chi connectivity index (χ2v) is 7.28. The number of ether oxygens (including phenoxy) is 1. The van der Waals surface area contributed by atoms with Crippen molar-refractivity contribution in [3.63, 3.8) is 0 Å². The Morgan fingerprint density at radius 3 is 3.04 bits per heavy atom. The second-order valence-electron chi connectivity index (χ2n) is 6.87. The summed E-state index contributed by atoms with van der Waals surface area (Å²) in [5.74, 6) is 1.15. The standard InChI is InChI=1S/C17H22ClN7O2/c1-9(26)12-5-19-3-10(12)8-27-16-14-13(18)6-20-15(14)23-17(24-16)22-11-4-21-25(2)7-11/h4,6-7,9-10,12,19,26H,3,5,8H2,1-2H3,(H2,20,22,23,24)/t9-,10?,12?/m0/s1. The van der Waals surface area contributed by atoms with Gasteiger partial charge in [0, 0.05) is 44.4 Å². The number of anilines is 2. The molecular formula is C17H22ClN7O2. The number of aromatic amines is 1. The average Bonchev–Trinajstić information content (AvgIpc) is 3.34. The average molecular weight is 392 g/mol. The van der Waals surface area contributed by atoms with E-state index in [1.165, 1.54) is 0 Å². The molecule has 4 N–H and O–H groups in total. The number of aromatic nitrogens is 5. The van der Waals surface area contributed by atoms with Gasteiger partial charge in [0.2, 0.25) is 11.8 Å². The first-order valence-corrected chi connectivity index (χ1v) is 9.21. The quantitative estimate of drug-likeness (QED) is 0.505. The van der Waals surface area contributed by atoms with Gasteiger partial charge in [-0.05, 0) is 6.92 Å². The molecular weight excluding hydrogens is 370 g/mol. The molecule has 0 saturated carbocycles. The number of rotatable bonds is 6. The maximum absolute atomic E-state index is 9.95. The Morgan fingerprint density at radius 1 is 1.44 bits per heavy atom. The fraction of sp³-hybridized carbons (Fsp3) is 0.471. The number of fused-ring (bicyclic) bond motifs is 1. The molecule has 0 amide bonds. The van der Waals surface area contributed by atoms with E-state index in [1.807, 2.05) is 20.2 Å². The van der Waals surface area contributed by atoms with Gasteiger partial charge < -0.3 is 25.5 Å². The van der Waals surface area contributed by atoms with Gasteiger partial charge in [0.1, 0.15) is 5.65 Å². The monoisotopic (exact) mass is 391 g/mol. The van der Waals surface area contributed by atoms with Crippen LogP contribution in [0.4, 0.5) is 11.6 Å². The van der Waals surface area contributed by atoms with Crippen molar-refractivity contribution < 1.29 is 9.84 Å². The van der Waals surface area contributed by atoms with Crippen LogP contribution in [0.25, 0.3) is 11.0 Å². The molecule has 0 spiro atoms. The summed E-state index contributed by atoms with van der Waals surface area (Å²) >= 11 is 6.29. The maximum atomic E-state index is 9.95. The highest BCUT2D eigenvalue weighted by Gasteiger charge is 2.31. The normalized spacial score (nSPS) is 20.9. The van der Waals surface area contributed by atoms with E-state index in [0.29, 0.717) is 34.5 Å². The van der Waals surface area contributed by atoms with Crippen LogP contribution in [0.3, 0.4) is 0 Å². The van der Waals surface area contributed by atoms with Crippen molar-refractivity contribution in [1.82, 2.24) is 30.0 Å². The lowest BCUT2D eigenvalue weighted by Crippen LogP contribution is -2.28. The zero-order valence-corrected chi connectivity index (χ0v) is 15.9. The van der Waals surface area contributed by atoms with Crippen molar-refractivity contribution in [1.29, 1.82) is 0 Å². The first-order chi connectivity index (χ1) is 13.0. The SMILES string of the molecule is C[C@H](O)C1CNCC1COc1nc(Nc2cnn(C)c2)nc2[nH]cc(Cl)c12. The van der Waals surface area contributed by atoms with E-state index in [9.17, 15) is 5.11 Å². The van der Waals surface area contributed by atoms with Crippen LogP contribution < -0.4 is 15.4 Å². The van der Waals surface area contributed by atoms with E-state index in [2.05, 4.69) is 30.7 Å². The Hall–Kier alpha value is -2.36. The van der Waals surface area contributed by atoms with Crippen LogP contribution >= 0.6 is 11.6 Å². The van der Waals surface area contributed by atoms with Gasteiger partial charge in [0.15, 0.2) is 0 Å². The van der Waals surface area contributed by atoms with Gasteiger partial charge in [-0.2, -0.15) is 15.1 Å². The summed E-state index contributed by atoms with van der Waals surface area (Å²) < 4.78 is 7.73. The number of hydrogen-bond acceptors (Lipinski definition) is 7. The first-order valence-electron chi connectivity index (χ1n) is 8.83. The lowest BCUT2D eigenvalue weighted by molar-refractivity contribution is 0.0913. The highest BCUT2D eigenvalue weighted by molar-refractivity contribution is 6.35. The van der Waals surface area contributed by atoms with Crippen LogP contribution in [-0.4, -0.2) is 55.6 Å². The number of aryl methyl sites for hydroxylation is 1. The van der Waals surface area contributed by atoms with Crippen molar-refractivity contribution in [3.8, 4) is 5.88 Å². The molecule has 144 valence electrons. The third-order valence-corrected chi connectivity index (χ3v) is 5.16. The Bertz CT molecular complexity index is 939. The minimum Gasteiger partial charge on any atom is -0.477 e. The van der Waals surface area contributed by atoms with Crippen LogP contribution in [0.1, 0.15) is 6.92 Å². The maximum Gasteiger partial charge on any atom is 0.232 e. The smallest absolute Gasteiger partial charge is 0.232 e. The minimum absolute atomic E-state index is 0.150. The molecule has 1 saturated heterocycles. The van der Waals surface area contributed by atoms with E-state index < -0.39 is 6.10 Å². The molecule has 0 aromatic carbocycles. The third-order valence-electron chi connectivity index (χ3n) is 4.86. The predicted molar refractivity (Wildman–Crippen MR) is 102 cm³/mol. The summed E-state index contributed by atoms with van der Waals surface area (Å²) in [4.78, 5) is 12.0. The molecule has 0 bridgehead atoms. The molecule has 1 aliphatic rings. The highest BCUT2D eigenvalue weighted by atomic mass is 35.5. The Balaban J connectivity index is 1.59. The van der Waals surface area contributed by atoms with Crippen LogP contribution in [0.2, 0.25) is 5.02 Å². The predicted octanol–water partition coefficient (Wildman–Crippen LogP) is 1.68. The summed E-state index contributed by atoms with van der Waals surface area (Å²) in [5, 5.41) is 21.6. The molecule has 1 fully saturated rings. The molecule has 4 heterocycles. The Morgan fingerprint density at radius 2 is 2.30 bits per heavy atom. The van der Waals surface area contributed by atoms with Crippen molar-refractivity contribution in [2.45, 2.75) is 13.0 Å². The highest BCUT2D eigenvalue weighted by Crippen LogP contribution is 2.32. The first kappa shape index (κ1) is 18.0. The van der Waals surface area contributed by atoms with Gasteiger partial charge in [-0.15, -0.1) is 0 Å². The molecule has 3 atom stereocenters. The van der Waals surface area contributed by atoms with Crippen molar-refractivity contribution in [2.24, 2.45) is 18.9 Å². The summed E-state index contributed by atoms with van der Waals surface area (Å²) in [5.41, 5.74) is 1.36. The molecule has 27 heavy (non-hydrogen) atoms. The molecule has 10 heteroatoms. The van der Waals surface area contributed by atoms with Crippen molar-refractivity contribution in [3.05, 3.63) is 23.6 Å². The third kappa shape index (κ3) is 3.71. The number of nitrogens with zero attached hydrogens (tertiary/aromatic N) is 4. The lowest BCUT2D eigenvalue weighted by atomic mass is 9.92. The molecule has 0 aliphatic carbocycles. The lowest BCUT2D eigenvalue weighted by Gasteiger charge is -2.21. The minimum atomic E-state index is -0.391. The van der Waals surface area contributed by atoms with E-state index in [4.69, 9.17) is 16.3 Å². The number of aliphatic hydroxyl groups excluding tert-OH is 1. The molecule has 0 radical (unpaired) electrons. The van der Waals surface area contributed by atoms with Gasteiger partial charge in [-0.1, -0.05) is 11.6 Å². The van der Waals surface area contributed by atoms with E-state index >= 15 is 0 Å². The van der Waals surface area contributed by atoms with E-state index in [0.717, 1.165) is 18.8 Å². The van der Waals surface area contributed by atoms with Crippen LogP contribution in [0.5, 0.6) is 5.88 Å². The molecule has 9 nitrogen and oxygen atoms in total. The number of hydrogen-bond donors (Lipinski definition) is 4. The molecule has 3 aromatic heterocycles. The number of nitrogens with one attached hydrogen (secondary N) is 3. The van der Waals surface area contributed by atoms with Crippen molar-refractivity contribution in [2.75, 3.05) is 25.0 Å². The summed E-state index contributed by atoms with van der Waals surface area (Å²) in [6, 6.07) is 0. The number of H-pyrrole nitrogens is 1.